The molecule has 1 atom stereocenters. The van der Waals surface area contributed by atoms with Gasteiger partial charge in [-0.05, 0) is 26.0 Å². The van der Waals surface area contributed by atoms with E-state index >= 15 is 0 Å². The number of hydrogen-bond donors (Lipinski definition) is 2. The van der Waals surface area contributed by atoms with Gasteiger partial charge in [0.1, 0.15) is 12.4 Å². The van der Waals surface area contributed by atoms with Crippen LogP contribution in [0.1, 0.15) is 45.6 Å². The molecular formula is C20H27N3O4. The molecule has 1 heterocycles. The monoisotopic (exact) mass is 373 g/mol. The molecule has 0 saturated heterocycles. The highest BCUT2D eigenvalue weighted by molar-refractivity contribution is 5.96. The van der Waals surface area contributed by atoms with Crippen LogP contribution in [0.2, 0.25) is 0 Å². The number of nitrogens with zero attached hydrogens (tertiary/aromatic N) is 1. The van der Waals surface area contributed by atoms with Crippen LogP contribution in [0.5, 0.6) is 5.75 Å². The van der Waals surface area contributed by atoms with Crippen LogP contribution in [0.15, 0.2) is 24.4 Å². The molecule has 2 aromatic rings. The molecule has 0 saturated carbocycles. The maximum Gasteiger partial charge on any atom is 0.293 e. The maximum atomic E-state index is 11.7. The summed E-state index contributed by atoms with van der Waals surface area (Å²) in [6.07, 6.45) is 2.12. The summed E-state index contributed by atoms with van der Waals surface area (Å²) >= 11 is 0. The molecule has 1 unspecified atom stereocenters. The lowest BCUT2D eigenvalue weighted by Gasteiger charge is -2.26. The van der Waals surface area contributed by atoms with Crippen molar-refractivity contribution in [3.63, 3.8) is 0 Å². The smallest absolute Gasteiger partial charge is 0.293 e. The average molecular weight is 373 g/mol. The molecule has 0 spiro atoms. The summed E-state index contributed by atoms with van der Waals surface area (Å²) in [5.74, 6) is 0.469. The summed E-state index contributed by atoms with van der Waals surface area (Å²) in [5, 5.41) is 3.64. The van der Waals surface area contributed by atoms with Gasteiger partial charge in [0, 0.05) is 29.8 Å². The van der Waals surface area contributed by atoms with Gasteiger partial charge in [0.2, 0.25) is 5.91 Å². The lowest BCUT2D eigenvalue weighted by atomic mass is 9.99. The van der Waals surface area contributed by atoms with Crippen molar-refractivity contribution in [1.82, 2.24) is 10.3 Å². The Morgan fingerprint density at radius 2 is 2.15 bits per heavy atom. The Hall–Kier alpha value is -2.83. The predicted molar refractivity (Wildman–Crippen MR) is 105 cm³/mol. The number of fused-ring (bicyclic) bond motifs is 1. The normalized spacial score (nSPS) is 12.4. The van der Waals surface area contributed by atoms with Crippen molar-refractivity contribution >= 4 is 29.0 Å². The van der Waals surface area contributed by atoms with E-state index in [1.54, 1.807) is 13.1 Å². The number of benzene rings is 1. The van der Waals surface area contributed by atoms with Gasteiger partial charge in [-0.1, -0.05) is 19.9 Å². The van der Waals surface area contributed by atoms with Crippen LogP contribution >= 0.6 is 0 Å². The van der Waals surface area contributed by atoms with E-state index in [0.717, 1.165) is 5.56 Å². The Kier molecular flexibility index (Phi) is 6.60. The second-order valence-electron chi connectivity index (χ2n) is 7.18. The molecule has 7 nitrogen and oxygen atoms in total. The standard InChI is InChI=1S/C20H27N3O4/c1-5-17(25)23-20(3,4)11-27-16-8-6-7-15-18(16)19(21)14(9-22-15)13(2)10-26-12-24/h6-9,12-13H,5,10-11H2,1-4H3,(H2,21,22)(H,23,25). The summed E-state index contributed by atoms with van der Waals surface area (Å²) in [4.78, 5) is 26.6. The number of nitrogen functional groups attached to an aromatic ring is 1. The van der Waals surface area contributed by atoms with E-state index in [0.29, 0.717) is 35.2 Å². The largest absolute Gasteiger partial charge is 0.490 e. The third-order valence-electron chi connectivity index (χ3n) is 4.26. The van der Waals surface area contributed by atoms with Gasteiger partial charge in [-0.15, -0.1) is 0 Å². The van der Waals surface area contributed by atoms with E-state index in [9.17, 15) is 9.59 Å². The lowest BCUT2D eigenvalue weighted by molar-refractivity contribution is -0.129. The minimum absolute atomic E-state index is 0.0333. The zero-order valence-corrected chi connectivity index (χ0v) is 16.2. The number of amides is 1. The third-order valence-corrected chi connectivity index (χ3v) is 4.26. The van der Waals surface area contributed by atoms with Crippen molar-refractivity contribution in [2.75, 3.05) is 18.9 Å². The highest BCUT2D eigenvalue weighted by atomic mass is 16.5. The summed E-state index contributed by atoms with van der Waals surface area (Å²) in [6.45, 7) is 8.44. The Labute approximate surface area is 159 Å². The Morgan fingerprint density at radius 3 is 2.81 bits per heavy atom. The van der Waals surface area contributed by atoms with E-state index in [4.69, 9.17) is 15.2 Å². The number of rotatable bonds is 9. The zero-order chi connectivity index (χ0) is 20.0. The fraction of sp³-hybridized carbons (Fsp3) is 0.450. The highest BCUT2D eigenvalue weighted by Crippen LogP contribution is 2.35. The van der Waals surface area contributed by atoms with Crippen molar-refractivity contribution in [2.24, 2.45) is 0 Å². The third kappa shape index (κ3) is 5.09. The van der Waals surface area contributed by atoms with Crippen molar-refractivity contribution in [3.05, 3.63) is 30.0 Å². The lowest BCUT2D eigenvalue weighted by Crippen LogP contribution is -2.47. The van der Waals surface area contributed by atoms with Crippen LogP contribution in [0.3, 0.4) is 0 Å². The van der Waals surface area contributed by atoms with E-state index in [1.165, 1.54) is 0 Å². The van der Waals surface area contributed by atoms with Gasteiger partial charge < -0.3 is 20.5 Å². The first-order valence-electron chi connectivity index (χ1n) is 8.95. The summed E-state index contributed by atoms with van der Waals surface area (Å²) < 4.78 is 10.9. The van der Waals surface area contributed by atoms with Crippen LogP contribution in [0, 0.1) is 0 Å². The first-order chi connectivity index (χ1) is 12.8. The molecule has 0 fully saturated rings. The number of hydrogen-bond acceptors (Lipinski definition) is 6. The highest BCUT2D eigenvalue weighted by Gasteiger charge is 2.22. The minimum Gasteiger partial charge on any atom is -0.490 e. The average Bonchev–Trinajstić information content (AvgIpc) is 2.64. The van der Waals surface area contributed by atoms with E-state index in [1.807, 2.05) is 39.0 Å². The molecule has 0 aliphatic rings. The molecule has 0 radical (unpaired) electrons. The molecule has 1 amide bonds. The predicted octanol–water partition coefficient (Wildman–Crippen LogP) is 2.78. The van der Waals surface area contributed by atoms with Gasteiger partial charge in [0.05, 0.1) is 23.0 Å². The van der Waals surface area contributed by atoms with Crippen LogP contribution in [-0.4, -0.2) is 36.1 Å². The topological polar surface area (TPSA) is 104 Å². The zero-order valence-electron chi connectivity index (χ0n) is 16.2. The number of nitrogens with two attached hydrogens (primary N) is 1. The second kappa shape index (κ2) is 8.70. The molecule has 0 aliphatic carbocycles. The van der Waals surface area contributed by atoms with Gasteiger partial charge >= 0.3 is 0 Å². The van der Waals surface area contributed by atoms with Gasteiger partial charge in [0.25, 0.3) is 6.47 Å². The fourth-order valence-electron chi connectivity index (χ4n) is 2.80. The Bertz CT molecular complexity index is 820. The van der Waals surface area contributed by atoms with E-state index < -0.39 is 5.54 Å². The summed E-state index contributed by atoms with van der Waals surface area (Å²) in [5.41, 5.74) is 7.93. The minimum atomic E-state index is -0.528. The van der Waals surface area contributed by atoms with Crippen molar-refractivity contribution in [2.45, 2.75) is 45.6 Å². The number of ether oxygens (including phenoxy) is 2. The molecule has 2 rings (SSSR count). The number of anilines is 1. The summed E-state index contributed by atoms with van der Waals surface area (Å²) in [6, 6.07) is 5.54. The maximum absolute atomic E-state index is 11.7. The number of pyridine rings is 1. The van der Waals surface area contributed by atoms with Gasteiger partial charge in [-0.2, -0.15) is 0 Å². The molecule has 1 aromatic heterocycles. The van der Waals surface area contributed by atoms with Crippen molar-refractivity contribution in [3.8, 4) is 5.75 Å². The summed E-state index contributed by atoms with van der Waals surface area (Å²) in [7, 11) is 0. The molecular weight excluding hydrogens is 346 g/mol. The van der Waals surface area contributed by atoms with Crippen LogP contribution in [0.4, 0.5) is 5.69 Å². The molecule has 146 valence electrons. The molecule has 0 aliphatic heterocycles. The first-order valence-corrected chi connectivity index (χ1v) is 8.95. The quantitative estimate of drug-likeness (QED) is 0.655. The number of carbonyl (C=O) groups is 2. The van der Waals surface area contributed by atoms with Gasteiger partial charge in [0.15, 0.2) is 0 Å². The van der Waals surface area contributed by atoms with Crippen LogP contribution in [0.25, 0.3) is 10.9 Å². The molecule has 0 bridgehead atoms. The molecule has 7 heteroatoms. The Balaban J connectivity index is 2.31. The first kappa shape index (κ1) is 20.5. The van der Waals surface area contributed by atoms with Gasteiger partial charge in [-0.25, -0.2) is 0 Å². The van der Waals surface area contributed by atoms with Crippen LogP contribution in [-0.2, 0) is 14.3 Å². The molecule has 1 aromatic carbocycles. The van der Waals surface area contributed by atoms with Gasteiger partial charge in [-0.3, -0.25) is 14.6 Å². The van der Waals surface area contributed by atoms with E-state index in [2.05, 4.69) is 10.3 Å². The SMILES string of the molecule is CCC(=O)NC(C)(C)COc1cccc2ncc(C(C)COC=O)c(N)c12. The fourth-order valence-corrected chi connectivity index (χ4v) is 2.80. The Morgan fingerprint density at radius 1 is 1.41 bits per heavy atom. The van der Waals surface area contributed by atoms with Crippen molar-refractivity contribution in [1.29, 1.82) is 0 Å². The number of carbonyl (C=O) groups excluding carboxylic acids is 2. The number of aromatic nitrogens is 1. The van der Waals surface area contributed by atoms with Crippen molar-refractivity contribution < 1.29 is 19.1 Å². The second-order valence-corrected chi connectivity index (χ2v) is 7.18. The molecule has 27 heavy (non-hydrogen) atoms. The van der Waals surface area contributed by atoms with E-state index in [-0.39, 0.29) is 25.0 Å². The van der Waals surface area contributed by atoms with Crippen LogP contribution < -0.4 is 15.8 Å². The molecule has 3 N–H and O–H groups in total. The number of nitrogens with one attached hydrogen (secondary N) is 1.